The highest BCUT2D eigenvalue weighted by molar-refractivity contribution is 9.10. The van der Waals surface area contributed by atoms with Crippen molar-refractivity contribution in [2.24, 2.45) is 0 Å². The van der Waals surface area contributed by atoms with E-state index in [2.05, 4.69) is 22.9 Å². The normalized spacial score (nSPS) is 12.3. The van der Waals surface area contributed by atoms with E-state index in [4.69, 9.17) is 4.74 Å². The molecule has 15 heavy (non-hydrogen) atoms. The molecule has 1 unspecified atom stereocenters. The highest BCUT2D eigenvalue weighted by Gasteiger charge is 2.11. The van der Waals surface area contributed by atoms with Crippen LogP contribution in [0.25, 0.3) is 0 Å². The third kappa shape index (κ3) is 3.34. The Hall–Kier alpha value is -0.830. The minimum atomic E-state index is 0.0228. The molecule has 3 heteroatoms. The molecule has 0 N–H and O–H groups in total. The van der Waals surface area contributed by atoms with Crippen LogP contribution in [0.4, 0.5) is 0 Å². The average molecular weight is 271 g/mol. The Morgan fingerprint density at radius 1 is 1.53 bits per heavy atom. The van der Waals surface area contributed by atoms with Crippen molar-refractivity contribution in [3.05, 3.63) is 28.2 Å². The zero-order valence-corrected chi connectivity index (χ0v) is 10.8. The van der Waals surface area contributed by atoms with Gasteiger partial charge in [0.05, 0.1) is 11.7 Å². The summed E-state index contributed by atoms with van der Waals surface area (Å²) in [6, 6.07) is 5.50. The van der Waals surface area contributed by atoms with Gasteiger partial charge in [-0.1, -0.05) is 22.9 Å². The summed E-state index contributed by atoms with van der Waals surface area (Å²) in [5, 5.41) is 0. The van der Waals surface area contributed by atoms with E-state index in [0.717, 1.165) is 10.9 Å². The monoisotopic (exact) mass is 270 g/mol. The first-order chi connectivity index (χ1) is 7.04. The van der Waals surface area contributed by atoms with Gasteiger partial charge in [-0.3, -0.25) is 4.79 Å². The summed E-state index contributed by atoms with van der Waals surface area (Å²) in [7, 11) is 0. The van der Waals surface area contributed by atoms with Crippen LogP contribution in [0.1, 0.15) is 37.6 Å². The van der Waals surface area contributed by atoms with Gasteiger partial charge in [0.15, 0.2) is 5.78 Å². The number of ether oxygens (including phenoxy) is 1. The fourth-order valence-electron chi connectivity index (χ4n) is 1.18. The van der Waals surface area contributed by atoms with Gasteiger partial charge in [0, 0.05) is 4.47 Å². The highest BCUT2D eigenvalue weighted by Crippen LogP contribution is 2.24. The van der Waals surface area contributed by atoms with Crippen molar-refractivity contribution in [2.45, 2.75) is 33.3 Å². The molecular formula is C12H15BrO2. The van der Waals surface area contributed by atoms with Crippen molar-refractivity contribution >= 4 is 21.7 Å². The molecule has 0 saturated heterocycles. The first kappa shape index (κ1) is 12.2. The number of Topliss-reactive ketones (excluding diaryl/α,β-unsaturated/α-hetero) is 1. The Balaban J connectivity index is 3.01. The molecule has 0 heterocycles. The van der Waals surface area contributed by atoms with Crippen LogP contribution in [0.2, 0.25) is 0 Å². The predicted octanol–water partition coefficient (Wildman–Crippen LogP) is 3.83. The van der Waals surface area contributed by atoms with Crippen LogP contribution in [-0.2, 0) is 0 Å². The number of rotatable bonds is 4. The van der Waals surface area contributed by atoms with Crippen LogP contribution in [0.15, 0.2) is 22.7 Å². The molecule has 0 bridgehead atoms. The Morgan fingerprint density at radius 3 is 2.73 bits per heavy atom. The number of halogens is 1. The molecule has 1 atom stereocenters. The molecule has 82 valence electrons. The van der Waals surface area contributed by atoms with E-state index in [1.807, 2.05) is 19.1 Å². The standard InChI is InChI=1S/C12H15BrO2/c1-4-8(2)15-12-6-5-10(13)7-11(12)9(3)14/h5-8H,4H2,1-3H3. The lowest BCUT2D eigenvalue weighted by Crippen LogP contribution is -2.12. The van der Waals surface area contributed by atoms with Crippen LogP contribution in [0, 0.1) is 0 Å². The third-order valence-electron chi connectivity index (χ3n) is 2.22. The third-order valence-corrected chi connectivity index (χ3v) is 2.72. The molecule has 0 saturated carbocycles. The van der Waals surface area contributed by atoms with Crippen molar-refractivity contribution in [1.82, 2.24) is 0 Å². The number of carbonyl (C=O) groups excluding carboxylic acids is 1. The van der Waals surface area contributed by atoms with E-state index in [1.165, 1.54) is 0 Å². The summed E-state index contributed by atoms with van der Waals surface area (Å²) >= 11 is 3.34. The van der Waals surface area contributed by atoms with E-state index < -0.39 is 0 Å². The molecule has 0 radical (unpaired) electrons. The smallest absolute Gasteiger partial charge is 0.163 e. The van der Waals surface area contributed by atoms with Gasteiger partial charge in [-0.25, -0.2) is 0 Å². The number of benzene rings is 1. The Labute approximate surface area is 98.8 Å². The summed E-state index contributed by atoms with van der Waals surface area (Å²) < 4.78 is 6.56. The SMILES string of the molecule is CCC(C)Oc1ccc(Br)cc1C(C)=O. The maximum absolute atomic E-state index is 11.4. The Morgan fingerprint density at radius 2 is 2.20 bits per heavy atom. The Bertz CT molecular complexity index is 361. The van der Waals surface area contributed by atoms with Gasteiger partial charge in [0.1, 0.15) is 5.75 Å². The van der Waals surface area contributed by atoms with Gasteiger partial charge in [0.2, 0.25) is 0 Å². The van der Waals surface area contributed by atoms with Crippen molar-refractivity contribution in [3.63, 3.8) is 0 Å². The molecule has 0 fully saturated rings. The fraction of sp³-hybridized carbons (Fsp3) is 0.417. The second-order valence-electron chi connectivity index (χ2n) is 3.53. The van der Waals surface area contributed by atoms with Gasteiger partial charge >= 0.3 is 0 Å². The average Bonchev–Trinajstić information content (AvgIpc) is 2.20. The molecule has 1 rings (SSSR count). The second kappa shape index (κ2) is 5.31. The molecule has 1 aromatic carbocycles. The molecular weight excluding hydrogens is 256 g/mol. The fourth-order valence-corrected chi connectivity index (χ4v) is 1.54. The van der Waals surface area contributed by atoms with Gasteiger partial charge in [0.25, 0.3) is 0 Å². The van der Waals surface area contributed by atoms with Crippen LogP contribution in [-0.4, -0.2) is 11.9 Å². The van der Waals surface area contributed by atoms with Crippen molar-refractivity contribution in [3.8, 4) is 5.75 Å². The van der Waals surface area contributed by atoms with Crippen LogP contribution in [0.5, 0.6) is 5.75 Å². The van der Waals surface area contributed by atoms with Gasteiger partial charge in [-0.15, -0.1) is 0 Å². The topological polar surface area (TPSA) is 26.3 Å². The molecule has 0 aliphatic heterocycles. The number of ketones is 1. The number of hydrogen-bond acceptors (Lipinski definition) is 2. The van der Waals surface area contributed by atoms with E-state index >= 15 is 0 Å². The maximum Gasteiger partial charge on any atom is 0.163 e. The predicted molar refractivity (Wildman–Crippen MR) is 64.5 cm³/mol. The summed E-state index contributed by atoms with van der Waals surface area (Å²) in [6.07, 6.45) is 1.05. The zero-order valence-electron chi connectivity index (χ0n) is 9.21. The largest absolute Gasteiger partial charge is 0.490 e. The zero-order chi connectivity index (χ0) is 11.4. The van der Waals surface area contributed by atoms with Crippen LogP contribution < -0.4 is 4.74 Å². The Kier molecular flexibility index (Phi) is 4.33. The summed E-state index contributed by atoms with van der Waals surface area (Å²) in [4.78, 5) is 11.4. The lowest BCUT2D eigenvalue weighted by Gasteiger charge is -2.15. The van der Waals surface area contributed by atoms with Crippen LogP contribution in [0.3, 0.4) is 0 Å². The van der Waals surface area contributed by atoms with Crippen molar-refractivity contribution in [1.29, 1.82) is 0 Å². The van der Waals surface area contributed by atoms with Crippen molar-refractivity contribution in [2.75, 3.05) is 0 Å². The summed E-state index contributed by atoms with van der Waals surface area (Å²) in [6.45, 7) is 5.59. The molecule has 2 nitrogen and oxygen atoms in total. The first-order valence-electron chi connectivity index (χ1n) is 5.01. The molecule has 0 amide bonds. The summed E-state index contributed by atoms with van der Waals surface area (Å²) in [5.74, 6) is 0.689. The minimum absolute atomic E-state index is 0.0228. The number of hydrogen-bond donors (Lipinski definition) is 0. The van der Waals surface area contributed by atoms with Gasteiger partial charge in [-0.05, 0) is 38.5 Å². The van der Waals surface area contributed by atoms with E-state index in [0.29, 0.717) is 11.3 Å². The lowest BCUT2D eigenvalue weighted by molar-refractivity contribution is 0.101. The quantitative estimate of drug-likeness (QED) is 0.778. The van der Waals surface area contributed by atoms with Crippen LogP contribution >= 0.6 is 15.9 Å². The number of carbonyl (C=O) groups is 1. The van der Waals surface area contributed by atoms with E-state index in [9.17, 15) is 4.79 Å². The molecule has 0 spiro atoms. The summed E-state index contributed by atoms with van der Waals surface area (Å²) in [5.41, 5.74) is 0.629. The highest BCUT2D eigenvalue weighted by atomic mass is 79.9. The molecule has 1 aromatic rings. The lowest BCUT2D eigenvalue weighted by atomic mass is 10.1. The van der Waals surface area contributed by atoms with E-state index in [1.54, 1.807) is 13.0 Å². The molecule has 0 aromatic heterocycles. The minimum Gasteiger partial charge on any atom is -0.490 e. The van der Waals surface area contributed by atoms with Crippen molar-refractivity contribution < 1.29 is 9.53 Å². The molecule has 0 aliphatic carbocycles. The first-order valence-corrected chi connectivity index (χ1v) is 5.81. The van der Waals surface area contributed by atoms with Gasteiger partial charge in [-0.2, -0.15) is 0 Å². The van der Waals surface area contributed by atoms with E-state index in [-0.39, 0.29) is 11.9 Å². The molecule has 0 aliphatic rings. The van der Waals surface area contributed by atoms with Gasteiger partial charge < -0.3 is 4.74 Å². The maximum atomic E-state index is 11.4. The second-order valence-corrected chi connectivity index (χ2v) is 4.45.